The molecular formula is C15H27N3O5S. The Morgan fingerprint density at radius 3 is 2.58 bits per heavy atom. The van der Waals surface area contributed by atoms with Gasteiger partial charge in [-0.2, -0.15) is 0 Å². The van der Waals surface area contributed by atoms with E-state index in [0.717, 1.165) is 12.1 Å². The summed E-state index contributed by atoms with van der Waals surface area (Å²) in [6, 6.07) is -1.42. The average molecular weight is 361 g/mol. The predicted molar refractivity (Wildman–Crippen MR) is 90.8 cm³/mol. The number of rotatable bonds is 7. The highest BCUT2D eigenvalue weighted by molar-refractivity contribution is 7.90. The number of nitrogens with zero attached hydrogens (tertiary/aromatic N) is 2. The van der Waals surface area contributed by atoms with E-state index in [9.17, 15) is 18.0 Å². The van der Waals surface area contributed by atoms with Crippen molar-refractivity contribution in [1.29, 1.82) is 0 Å². The zero-order valence-electron chi connectivity index (χ0n) is 14.7. The number of likely N-dealkylation sites (N-methyl/N-ethyl adjacent to an activating group) is 1. The third kappa shape index (κ3) is 5.40. The molecule has 1 fully saturated rings. The molecule has 1 aliphatic rings. The molecular weight excluding hydrogens is 334 g/mol. The van der Waals surface area contributed by atoms with Gasteiger partial charge in [0.25, 0.3) is 0 Å². The lowest BCUT2D eigenvalue weighted by Crippen LogP contribution is -2.56. The second kappa shape index (κ2) is 8.36. The number of amides is 1. The quantitative estimate of drug-likeness (QED) is 0.615. The van der Waals surface area contributed by atoms with E-state index >= 15 is 0 Å². The maximum atomic E-state index is 12.6. The van der Waals surface area contributed by atoms with Gasteiger partial charge in [-0.15, -0.1) is 0 Å². The van der Waals surface area contributed by atoms with Gasteiger partial charge in [0.2, 0.25) is 5.91 Å². The maximum Gasteiger partial charge on any atom is 0.328 e. The van der Waals surface area contributed by atoms with Gasteiger partial charge in [-0.05, 0) is 19.8 Å². The molecule has 1 saturated heterocycles. The van der Waals surface area contributed by atoms with Crippen LogP contribution in [0.2, 0.25) is 0 Å². The monoisotopic (exact) mass is 361 g/mol. The van der Waals surface area contributed by atoms with Crippen LogP contribution >= 0.6 is 0 Å². The van der Waals surface area contributed by atoms with Crippen LogP contribution in [-0.2, 0) is 24.2 Å². The van der Waals surface area contributed by atoms with E-state index in [1.165, 1.54) is 7.11 Å². The lowest BCUT2D eigenvalue weighted by atomic mass is 10.1. The third-order valence-electron chi connectivity index (χ3n) is 4.11. The van der Waals surface area contributed by atoms with E-state index in [-0.39, 0.29) is 18.1 Å². The van der Waals surface area contributed by atoms with Crippen LogP contribution in [0.1, 0.15) is 19.8 Å². The van der Waals surface area contributed by atoms with Crippen molar-refractivity contribution in [3.8, 4) is 0 Å². The molecule has 1 aliphatic heterocycles. The zero-order valence-corrected chi connectivity index (χ0v) is 15.6. The van der Waals surface area contributed by atoms with Crippen molar-refractivity contribution < 1.29 is 22.7 Å². The molecule has 0 radical (unpaired) electrons. The number of hydrogen-bond donors (Lipinski definition) is 1. The van der Waals surface area contributed by atoms with Gasteiger partial charge in [0.15, 0.2) is 0 Å². The molecule has 1 unspecified atom stereocenters. The van der Waals surface area contributed by atoms with Crippen molar-refractivity contribution >= 4 is 21.7 Å². The van der Waals surface area contributed by atoms with E-state index < -0.39 is 27.9 Å². The van der Waals surface area contributed by atoms with E-state index in [2.05, 4.69) is 16.6 Å². The minimum atomic E-state index is -3.24. The van der Waals surface area contributed by atoms with Gasteiger partial charge in [0.05, 0.1) is 18.7 Å². The first-order valence-electron chi connectivity index (χ1n) is 7.83. The van der Waals surface area contributed by atoms with Crippen molar-refractivity contribution in [1.82, 2.24) is 15.1 Å². The van der Waals surface area contributed by atoms with E-state index in [4.69, 9.17) is 0 Å². The van der Waals surface area contributed by atoms with Gasteiger partial charge in [-0.1, -0.05) is 6.58 Å². The Morgan fingerprint density at radius 2 is 2.08 bits per heavy atom. The minimum absolute atomic E-state index is 0.0169. The molecule has 138 valence electrons. The molecule has 0 aromatic carbocycles. The summed E-state index contributed by atoms with van der Waals surface area (Å²) in [6.07, 6.45) is 1.66. The molecule has 1 heterocycles. The van der Waals surface area contributed by atoms with E-state index in [1.54, 1.807) is 0 Å². The maximum absolute atomic E-state index is 12.6. The van der Waals surface area contributed by atoms with Gasteiger partial charge in [-0.3, -0.25) is 4.79 Å². The summed E-state index contributed by atoms with van der Waals surface area (Å²) in [5.74, 6) is -0.434. The summed E-state index contributed by atoms with van der Waals surface area (Å²) in [7, 11) is -0.132. The smallest absolute Gasteiger partial charge is 0.328 e. The van der Waals surface area contributed by atoms with Gasteiger partial charge in [0, 0.05) is 26.4 Å². The van der Waals surface area contributed by atoms with Crippen LogP contribution in [0, 0.1) is 0 Å². The fraction of sp³-hybridized carbons (Fsp3) is 0.733. The number of sulfone groups is 1. The molecule has 0 aliphatic carbocycles. The summed E-state index contributed by atoms with van der Waals surface area (Å²) in [4.78, 5) is 28.3. The number of hydrogen-bond acceptors (Lipinski definition) is 7. The number of carbonyl (C=O) groups excluding carboxylic acids is 2. The van der Waals surface area contributed by atoms with E-state index in [0.29, 0.717) is 19.5 Å². The van der Waals surface area contributed by atoms with Gasteiger partial charge >= 0.3 is 5.97 Å². The Kier molecular flexibility index (Phi) is 7.07. The Hall–Kier alpha value is -1.77. The molecule has 24 heavy (non-hydrogen) atoms. The second-order valence-corrected chi connectivity index (χ2v) is 8.19. The Labute approximate surface area is 143 Å². The van der Waals surface area contributed by atoms with Crippen LogP contribution in [0.15, 0.2) is 12.4 Å². The van der Waals surface area contributed by atoms with Crippen molar-refractivity contribution in [2.75, 3.05) is 39.3 Å². The molecule has 1 N–H and O–H groups in total. The van der Waals surface area contributed by atoms with Gasteiger partial charge in [-0.25, -0.2) is 13.2 Å². The first-order valence-corrected chi connectivity index (χ1v) is 9.89. The summed E-state index contributed by atoms with van der Waals surface area (Å²) in [6.45, 7) is 7.19. The summed E-state index contributed by atoms with van der Waals surface area (Å²) in [5.41, 5.74) is 0. The highest BCUT2D eigenvalue weighted by Gasteiger charge is 2.34. The molecule has 0 bridgehead atoms. The first kappa shape index (κ1) is 20.3. The summed E-state index contributed by atoms with van der Waals surface area (Å²) in [5, 5.41) is 2.63. The van der Waals surface area contributed by atoms with Crippen LogP contribution in [0.25, 0.3) is 0 Å². The van der Waals surface area contributed by atoms with Crippen LogP contribution < -0.4 is 5.32 Å². The largest absolute Gasteiger partial charge is 0.467 e. The first-order chi connectivity index (χ1) is 11.1. The second-order valence-electron chi connectivity index (χ2n) is 5.93. The normalized spacial score (nSPS) is 19.8. The summed E-state index contributed by atoms with van der Waals surface area (Å²) < 4.78 is 27.3. The van der Waals surface area contributed by atoms with Gasteiger partial charge in [0.1, 0.15) is 21.9 Å². The number of carbonyl (C=O) groups is 2. The number of nitrogens with one attached hydrogen (secondary N) is 1. The summed E-state index contributed by atoms with van der Waals surface area (Å²) >= 11 is 0. The molecule has 0 saturated carbocycles. The Balaban J connectivity index is 2.83. The standard InChI is InChI=1S/C15H27N3O5S/c1-6-18-11(2)17(3)9-7-13(18)14(19)16-12(15(20)23-4)8-10-24(5,21)22/h12-13H,2,6-10H2,1,3-5H3,(H,16,19)/t12-,13?/m1/s1. The van der Waals surface area contributed by atoms with Crippen LogP contribution in [0.4, 0.5) is 0 Å². The fourth-order valence-corrected chi connectivity index (χ4v) is 3.33. The zero-order chi connectivity index (χ0) is 18.5. The van der Waals surface area contributed by atoms with Crippen molar-refractivity contribution in [2.24, 2.45) is 0 Å². The predicted octanol–water partition coefficient (Wildman–Crippen LogP) is -0.424. The van der Waals surface area contributed by atoms with Crippen molar-refractivity contribution in [3.05, 3.63) is 12.4 Å². The number of esters is 1. The van der Waals surface area contributed by atoms with Crippen molar-refractivity contribution in [3.63, 3.8) is 0 Å². The molecule has 8 nitrogen and oxygen atoms in total. The van der Waals surface area contributed by atoms with Crippen LogP contribution in [0.3, 0.4) is 0 Å². The Bertz CT molecular complexity index is 590. The molecule has 0 spiro atoms. The Morgan fingerprint density at radius 1 is 1.46 bits per heavy atom. The lowest BCUT2D eigenvalue weighted by Gasteiger charge is -2.42. The third-order valence-corrected chi connectivity index (χ3v) is 5.09. The number of methoxy groups -OCH3 is 1. The highest BCUT2D eigenvalue weighted by atomic mass is 32.2. The molecule has 1 rings (SSSR count). The lowest BCUT2D eigenvalue weighted by molar-refractivity contribution is -0.146. The molecule has 2 atom stereocenters. The van der Waals surface area contributed by atoms with E-state index in [1.807, 2.05) is 23.8 Å². The van der Waals surface area contributed by atoms with Gasteiger partial charge < -0.3 is 19.9 Å². The molecule has 1 amide bonds. The average Bonchev–Trinajstić information content (AvgIpc) is 2.51. The SMILES string of the molecule is C=C1N(C)CCC(C(=O)N[C@H](CCS(C)(=O)=O)C(=O)OC)N1CC. The van der Waals surface area contributed by atoms with Crippen molar-refractivity contribution in [2.45, 2.75) is 31.8 Å². The molecule has 9 heteroatoms. The van der Waals surface area contributed by atoms with Crippen LogP contribution in [-0.4, -0.2) is 81.4 Å². The highest BCUT2D eigenvalue weighted by Crippen LogP contribution is 2.20. The fourth-order valence-electron chi connectivity index (χ4n) is 2.67. The molecule has 0 aromatic rings. The molecule has 0 aromatic heterocycles. The number of ether oxygens (including phenoxy) is 1. The van der Waals surface area contributed by atoms with Crippen LogP contribution in [0.5, 0.6) is 0 Å². The topological polar surface area (TPSA) is 96.0 Å². The minimum Gasteiger partial charge on any atom is -0.467 e.